The lowest BCUT2D eigenvalue weighted by Gasteiger charge is -2.30. The van der Waals surface area contributed by atoms with E-state index in [4.69, 9.17) is 5.73 Å². The van der Waals surface area contributed by atoms with E-state index < -0.39 is 0 Å². The predicted octanol–water partition coefficient (Wildman–Crippen LogP) is 1.02. The molecule has 0 saturated carbocycles. The van der Waals surface area contributed by atoms with Crippen molar-refractivity contribution >= 4 is 39.4 Å². The fourth-order valence-corrected chi connectivity index (χ4v) is 2.45. The number of likely N-dealkylation sites (tertiary alicyclic amines) is 1. The minimum Gasteiger partial charge on any atom is -0.381 e. The molecular formula is C12H16BrN5O2. The number of hydrogen-bond acceptors (Lipinski definition) is 5. The van der Waals surface area contributed by atoms with Crippen molar-refractivity contribution in [3.8, 4) is 0 Å². The third kappa shape index (κ3) is 3.44. The molecule has 2 rings (SSSR count). The van der Waals surface area contributed by atoms with Gasteiger partial charge in [0.15, 0.2) is 11.6 Å². The van der Waals surface area contributed by atoms with Crippen LogP contribution < -0.4 is 11.1 Å². The molecule has 108 valence electrons. The second-order valence-electron chi connectivity index (χ2n) is 4.70. The van der Waals surface area contributed by atoms with E-state index in [0.29, 0.717) is 30.5 Å². The van der Waals surface area contributed by atoms with Gasteiger partial charge in [-0.15, -0.1) is 0 Å². The first-order chi connectivity index (χ1) is 9.47. The summed E-state index contributed by atoms with van der Waals surface area (Å²) < 4.78 is 0.516. The van der Waals surface area contributed by atoms with Gasteiger partial charge in [-0.2, -0.15) is 0 Å². The van der Waals surface area contributed by atoms with Crippen molar-refractivity contribution in [2.45, 2.75) is 19.8 Å². The molecule has 1 fully saturated rings. The van der Waals surface area contributed by atoms with Gasteiger partial charge >= 0.3 is 0 Å². The minimum atomic E-state index is -0.129. The number of nitrogens with zero attached hydrogens (tertiary/aromatic N) is 3. The Labute approximate surface area is 125 Å². The van der Waals surface area contributed by atoms with Crippen LogP contribution in [0.15, 0.2) is 10.8 Å². The van der Waals surface area contributed by atoms with Crippen LogP contribution in [-0.2, 0) is 9.59 Å². The first-order valence-corrected chi connectivity index (χ1v) is 7.11. The van der Waals surface area contributed by atoms with Crippen LogP contribution in [0.5, 0.6) is 0 Å². The number of carbonyl (C=O) groups excluding carboxylic acids is 2. The molecule has 0 bridgehead atoms. The highest BCUT2D eigenvalue weighted by Gasteiger charge is 2.26. The Morgan fingerprint density at radius 3 is 2.65 bits per heavy atom. The van der Waals surface area contributed by atoms with Gasteiger partial charge < -0.3 is 16.0 Å². The molecule has 1 aliphatic heterocycles. The Kier molecular flexibility index (Phi) is 4.53. The van der Waals surface area contributed by atoms with Gasteiger partial charge in [0, 0.05) is 25.9 Å². The molecule has 8 heteroatoms. The van der Waals surface area contributed by atoms with Crippen molar-refractivity contribution in [3.05, 3.63) is 10.8 Å². The zero-order valence-corrected chi connectivity index (χ0v) is 12.7. The zero-order chi connectivity index (χ0) is 14.7. The van der Waals surface area contributed by atoms with Gasteiger partial charge in [0.25, 0.3) is 0 Å². The molecule has 0 atom stereocenters. The fraction of sp³-hybridized carbons (Fsp3) is 0.500. The summed E-state index contributed by atoms with van der Waals surface area (Å²) in [5.41, 5.74) is 5.69. The molecule has 1 saturated heterocycles. The Morgan fingerprint density at radius 2 is 2.10 bits per heavy atom. The number of aromatic nitrogens is 2. The Bertz CT molecular complexity index is 529. The normalized spacial score (nSPS) is 16.0. The quantitative estimate of drug-likeness (QED) is 0.836. The number of anilines is 2. The number of hydrogen-bond donors (Lipinski definition) is 2. The van der Waals surface area contributed by atoms with E-state index in [-0.39, 0.29) is 29.4 Å². The topological polar surface area (TPSA) is 101 Å². The van der Waals surface area contributed by atoms with E-state index in [0.717, 1.165) is 0 Å². The lowest BCUT2D eigenvalue weighted by atomic mass is 9.96. The monoisotopic (exact) mass is 341 g/mol. The molecular weight excluding hydrogens is 326 g/mol. The van der Waals surface area contributed by atoms with Crippen molar-refractivity contribution in [3.63, 3.8) is 0 Å². The molecule has 7 nitrogen and oxygen atoms in total. The van der Waals surface area contributed by atoms with Crippen molar-refractivity contribution in [1.29, 1.82) is 0 Å². The lowest BCUT2D eigenvalue weighted by Crippen LogP contribution is -2.40. The SMILES string of the molecule is CC(=O)N1CCC(C(=O)Nc2ncc(Br)nc2N)CC1. The number of rotatable bonds is 2. The Morgan fingerprint density at radius 1 is 1.45 bits per heavy atom. The van der Waals surface area contributed by atoms with Crippen LogP contribution in [0, 0.1) is 5.92 Å². The third-order valence-corrected chi connectivity index (χ3v) is 3.70. The van der Waals surface area contributed by atoms with Crippen molar-refractivity contribution in [2.24, 2.45) is 5.92 Å². The standard InChI is InChI=1S/C12H16BrN5O2/c1-7(19)18-4-2-8(3-5-18)12(20)17-11-10(14)16-9(13)6-15-11/h6,8H,2-5H2,1H3,(H2,14,16)(H,15,17,20). The van der Waals surface area contributed by atoms with Gasteiger partial charge in [-0.25, -0.2) is 9.97 Å². The molecule has 0 unspecified atom stereocenters. The van der Waals surface area contributed by atoms with Crippen LogP contribution in [0.25, 0.3) is 0 Å². The zero-order valence-electron chi connectivity index (χ0n) is 11.1. The van der Waals surface area contributed by atoms with Crippen LogP contribution in [-0.4, -0.2) is 39.8 Å². The highest BCUT2D eigenvalue weighted by Crippen LogP contribution is 2.21. The second-order valence-corrected chi connectivity index (χ2v) is 5.51. The van der Waals surface area contributed by atoms with Crippen molar-refractivity contribution < 1.29 is 9.59 Å². The number of amides is 2. The molecule has 2 heterocycles. The highest BCUT2D eigenvalue weighted by atomic mass is 79.9. The van der Waals surface area contributed by atoms with E-state index in [1.54, 1.807) is 11.8 Å². The van der Waals surface area contributed by atoms with Crippen LogP contribution in [0.4, 0.5) is 11.6 Å². The summed E-state index contributed by atoms with van der Waals surface area (Å²) >= 11 is 3.16. The number of nitrogens with one attached hydrogen (secondary N) is 1. The van der Waals surface area contributed by atoms with Crippen LogP contribution in [0.1, 0.15) is 19.8 Å². The van der Waals surface area contributed by atoms with Crippen LogP contribution >= 0.6 is 15.9 Å². The van der Waals surface area contributed by atoms with Crippen LogP contribution in [0.2, 0.25) is 0 Å². The molecule has 0 spiro atoms. The molecule has 20 heavy (non-hydrogen) atoms. The molecule has 1 aromatic rings. The van der Waals surface area contributed by atoms with Gasteiger partial charge in [-0.3, -0.25) is 9.59 Å². The number of nitrogen functional groups attached to an aromatic ring is 1. The highest BCUT2D eigenvalue weighted by molar-refractivity contribution is 9.10. The largest absolute Gasteiger partial charge is 0.381 e. The predicted molar refractivity (Wildman–Crippen MR) is 77.8 cm³/mol. The number of carbonyl (C=O) groups is 2. The van der Waals surface area contributed by atoms with E-state index in [2.05, 4.69) is 31.2 Å². The summed E-state index contributed by atoms with van der Waals surface area (Å²) in [7, 11) is 0. The number of piperidine rings is 1. The summed E-state index contributed by atoms with van der Waals surface area (Å²) in [6.45, 7) is 2.75. The minimum absolute atomic E-state index is 0.0480. The van der Waals surface area contributed by atoms with Gasteiger partial charge in [-0.1, -0.05) is 0 Å². The third-order valence-electron chi connectivity index (χ3n) is 3.32. The van der Waals surface area contributed by atoms with Gasteiger partial charge in [-0.05, 0) is 28.8 Å². The number of nitrogens with two attached hydrogens (primary N) is 1. The van der Waals surface area contributed by atoms with Crippen molar-refractivity contribution in [1.82, 2.24) is 14.9 Å². The van der Waals surface area contributed by atoms with Gasteiger partial charge in [0.1, 0.15) is 4.60 Å². The molecule has 0 radical (unpaired) electrons. The lowest BCUT2D eigenvalue weighted by molar-refractivity contribution is -0.132. The van der Waals surface area contributed by atoms with Gasteiger partial charge in [0.2, 0.25) is 11.8 Å². The average molecular weight is 342 g/mol. The fourth-order valence-electron chi connectivity index (χ4n) is 2.15. The summed E-state index contributed by atoms with van der Waals surface area (Å²) in [5, 5.41) is 2.69. The smallest absolute Gasteiger partial charge is 0.228 e. The molecule has 1 aliphatic rings. The van der Waals surface area contributed by atoms with Crippen molar-refractivity contribution in [2.75, 3.05) is 24.1 Å². The van der Waals surface area contributed by atoms with Crippen LogP contribution in [0.3, 0.4) is 0 Å². The van der Waals surface area contributed by atoms with Gasteiger partial charge in [0.05, 0.1) is 6.20 Å². The van der Waals surface area contributed by atoms with E-state index >= 15 is 0 Å². The first-order valence-electron chi connectivity index (χ1n) is 6.31. The maximum atomic E-state index is 12.1. The Balaban J connectivity index is 1.94. The molecule has 3 N–H and O–H groups in total. The maximum absolute atomic E-state index is 12.1. The van der Waals surface area contributed by atoms with E-state index in [1.165, 1.54) is 6.20 Å². The average Bonchev–Trinajstić information content (AvgIpc) is 2.42. The molecule has 0 aromatic carbocycles. The number of halogens is 1. The molecule has 0 aliphatic carbocycles. The van der Waals surface area contributed by atoms with E-state index in [1.807, 2.05) is 0 Å². The first kappa shape index (κ1) is 14.7. The summed E-state index contributed by atoms with van der Waals surface area (Å²) in [4.78, 5) is 33.1. The van der Waals surface area contributed by atoms with E-state index in [9.17, 15) is 9.59 Å². The molecule has 1 aromatic heterocycles. The summed E-state index contributed by atoms with van der Waals surface area (Å²) in [6.07, 6.45) is 2.77. The summed E-state index contributed by atoms with van der Waals surface area (Å²) in [5.74, 6) is 0.236. The maximum Gasteiger partial charge on any atom is 0.228 e. The second kappa shape index (κ2) is 6.17. The molecule has 2 amide bonds. The Hall–Kier alpha value is -1.70. The summed E-state index contributed by atoms with van der Waals surface area (Å²) in [6, 6.07) is 0.